The van der Waals surface area contributed by atoms with Gasteiger partial charge in [-0.25, -0.2) is 0 Å². The van der Waals surface area contributed by atoms with Gasteiger partial charge in [0.15, 0.2) is 11.5 Å². The molecule has 1 saturated carbocycles. The lowest BCUT2D eigenvalue weighted by Gasteiger charge is -2.09. The summed E-state index contributed by atoms with van der Waals surface area (Å²) in [6.45, 7) is 5.38. The molecule has 0 bridgehead atoms. The zero-order valence-electron chi connectivity index (χ0n) is 10.1. The van der Waals surface area contributed by atoms with Gasteiger partial charge in [-0.1, -0.05) is 13.8 Å². The quantitative estimate of drug-likeness (QED) is 0.841. The van der Waals surface area contributed by atoms with Crippen molar-refractivity contribution in [2.45, 2.75) is 32.9 Å². The van der Waals surface area contributed by atoms with Crippen molar-refractivity contribution in [2.24, 2.45) is 5.41 Å². The number of aromatic hydroxyl groups is 1. The number of phenolic OH excluding ortho intramolecular Hbond substituents is 1. The summed E-state index contributed by atoms with van der Waals surface area (Å²) in [6.07, 6.45) is 1.19. The van der Waals surface area contributed by atoms with Gasteiger partial charge in [-0.05, 0) is 17.9 Å². The Morgan fingerprint density at radius 1 is 1.35 bits per heavy atom. The van der Waals surface area contributed by atoms with Crippen molar-refractivity contribution in [3.05, 3.63) is 17.7 Å². The number of rotatable bonds is 3. The summed E-state index contributed by atoms with van der Waals surface area (Å²) in [7, 11) is 0. The molecule has 1 atom stereocenters. The van der Waals surface area contributed by atoms with Gasteiger partial charge in [0.05, 0.1) is 0 Å². The first-order valence-electron chi connectivity index (χ1n) is 5.91. The van der Waals surface area contributed by atoms with E-state index in [2.05, 4.69) is 19.2 Å². The topological polar surface area (TPSA) is 50.7 Å². The van der Waals surface area contributed by atoms with E-state index in [1.54, 1.807) is 6.07 Å². The second-order valence-corrected chi connectivity index (χ2v) is 5.46. The smallest absolute Gasteiger partial charge is 0.231 e. The van der Waals surface area contributed by atoms with Gasteiger partial charge in [-0.2, -0.15) is 0 Å². The Balaban J connectivity index is 1.71. The van der Waals surface area contributed by atoms with Crippen LogP contribution in [0, 0.1) is 5.41 Å². The van der Waals surface area contributed by atoms with Gasteiger partial charge in [0, 0.05) is 24.2 Å². The van der Waals surface area contributed by atoms with Gasteiger partial charge in [-0.15, -0.1) is 0 Å². The van der Waals surface area contributed by atoms with E-state index < -0.39 is 0 Å². The standard InChI is InChI=1S/C13H17NO3/c1-13(2)5-12(13)14-6-8-3-10-11(4-9(8)15)17-7-16-10/h3-4,12,14-15H,5-7H2,1-2H3. The monoisotopic (exact) mass is 235 g/mol. The molecule has 4 nitrogen and oxygen atoms in total. The van der Waals surface area contributed by atoms with Gasteiger partial charge >= 0.3 is 0 Å². The third-order valence-corrected chi connectivity index (χ3v) is 3.63. The molecule has 1 aliphatic heterocycles. The molecule has 1 aromatic carbocycles. The maximum atomic E-state index is 9.86. The Bertz CT molecular complexity index is 456. The molecule has 2 aliphatic rings. The molecule has 4 heteroatoms. The van der Waals surface area contributed by atoms with E-state index in [-0.39, 0.29) is 12.5 Å². The molecule has 1 fully saturated rings. The van der Waals surface area contributed by atoms with Crippen molar-refractivity contribution in [3.63, 3.8) is 0 Å². The largest absolute Gasteiger partial charge is 0.507 e. The molecule has 1 aromatic rings. The molecular weight excluding hydrogens is 218 g/mol. The first kappa shape index (κ1) is 10.7. The fourth-order valence-corrected chi connectivity index (χ4v) is 2.16. The lowest BCUT2D eigenvalue weighted by Crippen LogP contribution is -2.19. The summed E-state index contributed by atoms with van der Waals surface area (Å²) in [5.74, 6) is 1.60. The molecule has 0 radical (unpaired) electrons. The molecule has 2 N–H and O–H groups in total. The SMILES string of the molecule is CC1(C)CC1NCc1cc2c(cc1O)OCO2. The van der Waals surface area contributed by atoms with Gasteiger partial charge in [0.2, 0.25) is 6.79 Å². The Hall–Kier alpha value is -1.42. The van der Waals surface area contributed by atoms with Crippen LogP contribution in [-0.2, 0) is 6.54 Å². The normalized spacial score (nSPS) is 23.8. The number of phenols is 1. The van der Waals surface area contributed by atoms with Gasteiger partial charge in [0.1, 0.15) is 5.75 Å². The molecule has 3 rings (SSSR count). The first-order valence-corrected chi connectivity index (χ1v) is 5.91. The lowest BCUT2D eigenvalue weighted by molar-refractivity contribution is 0.174. The van der Waals surface area contributed by atoms with Crippen molar-refractivity contribution in [2.75, 3.05) is 6.79 Å². The lowest BCUT2D eigenvalue weighted by atomic mass is 10.1. The molecule has 0 aromatic heterocycles. The number of fused-ring (bicyclic) bond motifs is 1. The van der Waals surface area contributed by atoms with Gasteiger partial charge in [0.25, 0.3) is 0 Å². The highest BCUT2D eigenvalue weighted by Gasteiger charge is 2.45. The van der Waals surface area contributed by atoms with E-state index in [0.29, 0.717) is 23.8 Å². The summed E-state index contributed by atoms with van der Waals surface area (Å²) >= 11 is 0. The van der Waals surface area contributed by atoms with Gasteiger partial charge < -0.3 is 19.9 Å². The van der Waals surface area contributed by atoms with Crippen LogP contribution in [0.25, 0.3) is 0 Å². The highest BCUT2D eigenvalue weighted by molar-refractivity contribution is 5.51. The van der Waals surface area contributed by atoms with E-state index in [4.69, 9.17) is 9.47 Å². The predicted octanol–water partition coefficient (Wildman–Crippen LogP) is 2.01. The summed E-state index contributed by atoms with van der Waals surface area (Å²) < 4.78 is 10.5. The van der Waals surface area contributed by atoms with Crippen LogP contribution in [0.1, 0.15) is 25.8 Å². The van der Waals surface area contributed by atoms with E-state index >= 15 is 0 Å². The van der Waals surface area contributed by atoms with Crippen LogP contribution in [0.15, 0.2) is 12.1 Å². The maximum Gasteiger partial charge on any atom is 0.231 e. The Kier molecular flexibility index (Phi) is 2.23. The second kappa shape index (κ2) is 3.53. The maximum absolute atomic E-state index is 9.86. The third-order valence-electron chi connectivity index (χ3n) is 3.63. The predicted molar refractivity (Wildman–Crippen MR) is 63.3 cm³/mol. The molecule has 0 spiro atoms. The molecule has 92 valence electrons. The van der Waals surface area contributed by atoms with E-state index in [1.165, 1.54) is 6.42 Å². The average Bonchev–Trinajstić information content (AvgIpc) is 2.70. The van der Waals surface area contributed by atoms with Crippen LogP contribution < -0.4 is 14.8 Å². The van der Waals surface area contributed by atoms with E-state index in [0.717, 1.165) is 11.3 Å². The van der Waals surface area contributed by atoms with Crippen LogP contribution in [0.4, 0.5) is 0 Å². The molecule has 17 heavy (non-hydrogen) atoms. The molecule has 0 saturated heterocycles. The van der Waals surface area contributed by atoms with Crippen LogP contribution in [0.3, 0.4) is 0 Å². The minimum Gasteiger partial charge on any atom is -0.507 e. The van der Waals surface area contributed by atoms with Crippen LogP contribution in [0.5, 0.6) is 17.2 Å². The Morgan fingerprint density at radius 3 is 2.65 bits per heavy atom. The number of ether oxygens (including phenoxy) is 2. The van der Waals surface area contributed by atoms with Gasteiger partial charge in [-0.3, -0.25) is 0 Å². The summed E-state index contributed by atoms with van der Waals surface area (Å²) in [6, 6.07) is 4.02. The van der Waals surface area contributed by atoms with Crippen molar-refractivity contribution >= 4 is 0 Å². The van der Waals surface area contributed by atoms with Crippen molar-refractivity contribution in [1.29, 1.82) is 0 Å². The van der Waals surface area contributed by atoms with Crippen molar-refractivity contribution < 1.29 is 14.6 Å². The third kappa shape index (κ3) is 1.93. The van der Waals surface area contributed by atoms with E-state index in [1.807, 2.05) is 6.07 Å². The summed E-state index contributed by atoms with van der Waals surface area (Å²) in [5.41, 5.74) is 1.25. The minimum atomic E-state index is 0.237. The fraction of sp³-hybridized carbons (Fsp3) is 0.538. The molecule has 0 amide bonds. The van der Waals surface area contributed by atoms with Crippen LogP contribution in [-0.4, -0.2) is 17.9 Å². The van der Waals surface area contributed by atoms with Crippen LogP contribution >= 0.6 is 0 Å². The number of hydrogen-bond acceptors (Lipinski definition) is 4. The van der Waals surface area contributed by atoms with Crippen LogP contribution in [0.2, 0.25) is 0 Å². The summed E-state index contributed by atoms with van der Waals surface area (Å²) in [5, 5.41) is 13.3. The molecule has 1 unspecified atom stereocenters. The zero-order valence-corrected chi connectivity index (χ0v) is 10.1. The van der Waals surface area contributed by atoms with Crippen molar-refractivity contribution in [3.8, 4) is 17.2 Å². The second-order valence-electron chi connectivity index (χ2n) is 5.46. The van der Waals surface area contributed by atoms with Crippen molar-refractivity contribution in [1.82, 2.24) is 5.32 Å². The fourth-order valence-electron chi connectivity index (χ4n) is 2.16. The number of nitrogens with one attached hydrogen (secondary N) is 1. The highest BCUT2D eigenvalue weighted by atomic mass is 16.7. The number of benzene rings is 1. The first-order chi connectivity index (χ1) is 8.06. The average molecular weight is 235 g/mol. The van der Waals surface area contributed by atoms with E-state index in [9.17, 15) is 5.11 Å². The molecular formula is C13H17NO3. The Morgan fingerprint density at radius 2 is 2.00 bits per heavy atom. The summed E-state index contributed by atoms with van der Waals surface area (Å²) in [4.78, 5) is 0. The number of hydrogen-bond donors (Lipinski definition) is 2. The Labute approximate surface area is 101 Å². The highest BCUT2D eigenvalue weighted by Crippen LogP contribution is 2.45. The molecule has 1 heterocycles. The zero-order chi connectivity index (χ0) is 12.0. The minimum absolute atomic E-state index is 0.237. The molecule has 1 aliphatic carbocycles.